The van der Waals surface area contributed by atoms with Gasteiger partial charge in [-0.3, -0.25) is 0 Å². The largest absolute Gasteiger partial charge is 0.478 e. The second-order valence-corrected chi connectivity index (χ2v) is 4.96. The second-order valence-electron chi connectivity index (χ2n) is 3.78. The standard InChI is InChI=1S/C13H12ClNO2S/c14-10-2-1-3-11(12(10)13(16)17)15-6-4-9-5-7-18-8-9/h1-3,5,7-8,15H,4,6H2,(H,16,17). The molecule has 0 aliphatic rings. The molecule has 0 aliphatic carbocycles. The topological polar surface area (TPSA) is 49.3 Å². The Hall–Kier alpha value is -1.52. The Kier molecular flexibility index (Phi) is 4.23. The molecular weight excluding hydrogens is 270 g/mol. The average Bonchev–Trinajstić information content (AvgIpc) is 2.81. The number of carbonyl (C=O) groups is 1. The van der Waals surface area contributed by atoms with Crippen molar-refractivity contribution < 1.29 is 9.90 Å². The predicted molar refractivity (Wildman–Crippen MR) is 74.9 cm³/mol. The van der Waals surface area contributed by atoms with Crippen molar-refractivity contribution in [1.29, 1.82) is 0 Å². The molecule has 0 saturated heterocycles. The van der Waals surface area contributed by atoms with Crippen LogP contribution in [0.5, 0.6) is 0 Å². The third-order valence-corrected chi connectivity index (χ3v) is 3.58. The van der Waals surface area contributed by atoms with Gasteiger partial charge in [0, 0.05) is 6.54 Å². The molecule has 2 rings (SSSR count). The van der Waals surface area contributed by atoms with Gasteiger partial charge >= 0.3 is 5.97 Å². The van der Waals surface area contributed by atoms with Crippen molar-refractivity contribution in [2.45, 2.75) is 6.42 Å². The van der Waals surface area contributed by atoms with Crippen LogP contribution in [0.1, 0.15) is 15.9 Å². The van der Waals surface area contributed by atoms with Crippen LogP contribution in [-0.4, -0.2) is 17.6 Å². The molecule has 0 radical (unpaired) electrons. The van der Waals surface area contributed by atoms with E-state index >= 15 is 0 Å². The Bertz CT molecular complexity index is 540. The minimum absolute atomic E-state index is 0.129. The average molecular weight is 282 g/mol. The van der Waals surface area contributed by atoms with Crippen LogP contribution in [0.25, 0.3) is 0 Å². The maximum Gasteiger partial charge on any atom is 0.339 e. The zero-order valence-electron chi connectivity index (χ0n) is 9.52. The lowest BCUT2D eigenvalue weighted by atomic mass is 10.1. The third-order valence-electron chi connectivity index (χ3n) is 2.54. The number of benzene rings is 1. The van der Waals surface area contributed by atoms with Crippen LogP contribution in [0.2, 0.25) is 5.02 Å². The highest BCUT2D eigenvalue weighted by atomic mass is 35.5. The minimum atomic E-state index is -1.02. The van der Waals surface area contributed by atoms with Gasteiger partial charge in [-0.1, -0.05) is 17.7 Å². The van der Waals surface area contributed by atoms with Gasteiger partial charge < -0.3 is 10.4 Å². The first-order valence-corrected chi connectivity index (χ1v) is 6.77. The molecule has 0 unspecified atom stereocenters. The molecule has 3 nitrogen and oxygen atoms in total. The lowest BCUT2D eigenvalue weighted by molar-refractivity contribution is 0.0698. The quantitative estimate of drug-likeness (QED) is 0.877. The van der Waals surface area contributed by atoms with E-state index in [2.05, 4.69) is 16.8 Å². The lowest BCUT2D eigenvalue weighted by Crippen LogP contribution is -2.09. The second kappa shape index (κ2) is 5.89. The highest BCUT2D eigenvalue weighted by Gasteiger charge is 2.13. The summed E-state index contributed by atoms with van der Waals surface area (Å²) in [5, 5.41) is 16.6. The molecule has 0 atom stereocenters. The smallest absolute Gasteiger partial charge is 0.339 e. The minimum Gasteiger partial charge on any atom is -0.478 e. The van der Waals surface area contributed by atoms with E-state index in [9.17, 15) is 4.79 Å². The number of anilines is 1. The summed E-state index contributed by atoms with van der Waals surface area (Å²) in [5.41, 5.74) is 1.93. The van der Waals surface area contributed by atoms with Crippen LogP contribution in [0.4, 0.5) is 5.69 Å². The van der Waals surface area contributed by atoms with Gasteiger partial charge in [0.25, 0.3) is 0 Å². The molecule has 2 aromatic rings. The van der Waals surface area contributed by atoms with Gasteiger partial charge in [-0.2, -0.15) is 11.3 Å². The highest BCUT2D eigenvalue weighted by Crippen LogP contribution is 2.24. The molecular formula is C13H12ClNO2S. The van der Waals surface area contributed by atoms with Crippen LogP contribution >= 0.6 is 22.9 Å². The van der Waals surface area contributed by atoms with Crippen LogP contribution in [0.3, 0.4) is 0 Å². The van der Waals surface area contributed by atoms with Crippen molar-refractivity contribution in [3.63, 3.8) is 0 Å². The monoisotopic (exact) mass is 281 g/mol. The van der Waals surface area contributed by atoms with Gasteiger partial charge in [-0.15, -0.1) is 0 Å². The molecule has 18 heavy (non-hydrogen) atoms. The molecule has 1 aromatic carbocycles. The lowest BCUT2D eigenvalue weighted by Gasteiger charge is -2.10. The number of aromatic carboxylic acids is 1. The van der Waals surface area contributed by atoms with Gasteiger partial charge in [-0.05, 0) is 40.9 Å². The number of nitrogens with one attached hydrogen (secondary N) is 1. The normalized spacial score (nSPS) is 10.3. The number of carboxylic acid groups (broad SMARTS) is 1. The summed E-state index contributed by atoms with van der Waals surface area (Å²) in [6, 6.07) is 7.10. The van der Waals surface area contributed by atoms with Crippen LogP contribution in [-0.2, 0) is 6.42 Å². The Morgan fingerprint density at radius 3 is 2.89 bits per heavy atom. The zero-order chi connectivity index (χ0) is 13.0. The number of carboxylic acids is 1. The Morgan fingerprint density at radius 2 is 2.22 bits per heavy atom. The molecule has 5 heteroatoms. The van der Waals surface area contributed by atoms with Gasteiger partial charge in [0.05, 0.1) is 10.7 Å². The molecule has 0 bridgehead atoms. The van der Waals surface area contributed by atoms with E-state index in [1.165, 1.54) is 5.56 Å². The number of hydrogen-bond donors (Lipinski definition) is 2. The Balaban J connectivity index is 2.05. The first-order chi connectivity index (χ1) is 8.68. The molecule has 0 aliphatic heterocycles. The Morgan fingerprint density at radius 1 is 1.39 bits per heavy atom. The number of hydrogen-bond acceptors (Lipinski definition) is 3. The zero-order valence-corrected chi connectivity index (χ0v) is 11.1. The molecule has 0 fully saturated rings. The summed E-state index contributed by atoms with van der Waals surface area (Å²) in [6.07, 6.45) is 0.856. The van der Waals surface area contributed by atoms with Crippen molar-refractivity contribution >= 4 is 34.6 Å². The Labute approximate surface area is 114 Å². The maximum absolute atomic E-state index is 11.1. The van der Waals surface area contributed by atoms with Gasteiger partial charge in [0.15, 0.2) is 0 Å². The van der Waals surface area contributed by atoms with E-state index in [0.29, 0.717) is 12.2 Å². The van der Waals surface area contributed by atoms with E-state index in [1.54, 1.807) is 29.5 Å². The maximum atomic E-state index is 11.1. The molecule has 1 aromatic heterocycles. The van der Waals surface area contributed by atoms with Crippen molar-refractivity contribution in [2.75, 3.05) is 11.9 Å². The van der Waals surface area contributed by atoms with Crippen molar-refractivity contribution in [2.24, 2.45) is 0 Å². The first kappa shape index (κ1) is 12.9. The van der Waals surface area contributed by atoms with Crippen molar-refractivity contribution in [1.82, 2.24) is 0 Å². The molecule has 1 heterocycles. The molecule has 0 spiro atoms. The highest BCUT2D eigenvalue weighted by molar-refractivity contribution is 7.07. The third kappa shape index (κ3) is 3.03. The number of rotatable bonds is 5. The van der Waals surface area contributed by atoms with Crippen LogP contribution in [0.15, 0.2) is 35.0 Å². The van der Waals surface area contributed by atoms with Gasteiger partial charge in [-0.25, -0.2) is 4.79 Å². The first-order valence-electron chi connectivity index (χ1n) is 5.45. The fourth-order valence-corrected chi connectivity index (χ4v) is 2.62. The summed E-state index contributed by atoms with van der Waals surface area (Å²) >= 11 is 7.54. The number of halogens is 1. The summed E-state index contributed by atoms with van der Waals surface area (Å²) in [4.78, 5) is 11.1. The summed E-state index contributed by atoms with van der Waals surface area (Å²) in [5.74, 6) is -1.02. The van der Waals surface area contributed by atoms with Gasteiger partial charge in [0.1, 0.15) is 5.56 Å². The van der Waals surface area contributed by atoms with Crippen molar-refractivity contribution in [3.8, 4) is 0 Å². The predicted octanol–water partition coefficient (Wildman–Crippen LogP) is 3.75. The molecule has 0 amide bonds. The fraction of sp³-hybridized carbons (Fsp3) is 0.154. The number of thiophene rings is 1. The van der Waals surface area contributed by atoms with E-state index < -0.39 is 5.97 Å². The van der Waals surface area contributed by atoms with Crippen molar-refractivity contribution in [3.05, 3.63) is 51.2 Å². The van der Waals surface area contributed by atoms with E-state index in [0.717, 1.165) is 6.42 Å². The van der Waals surface area contributed by atoms with Crippen LogP contribution in [0, 0.1) is 0 Å². The summed E-state index contributed by atoms with van der Waals surface area (Å²) < 4.78 is 0. The SMILES string of the molecule is O=C(O)c1c(Cl)cccc1NCCc1ccsc1. The molecule has 2 N–H and O–H groups in total. The van der Waals surface area contributed by atoms with Gasteiger partial charge in [0.2, 0.25) is 0 Å². The summed E-state index contributed by atoms with van der Waals surface area (Å²) in [6.45, 7) is 0.678. The molecule has 0 saturated carbocycles. The fourth-order valence-electron chi connectivity index (χ4n) is 1.67. The van der Waals surface area contributed by atoms with E-state index in [1.807, 2.05) is 5.38 Å². The van der Waals surface area contributed by atoms with E-state index in [-0.39, 0.29) is 10.6 Å². The van der Waals surface area contributed by atoms with Crippen LogP contribution < -0.4 is 5.32 Å². The summed E-state index contributed by atoms with van der Waals surface area (Å²) in [7, 11) is 0. The van der Waals surface area contributed by atoms with E-state index in [4.69, 9.17) is 16.7 Å². The molecule has 94 valence electrons.